The number of allylic oxidation sites excluding steroid dienone is 1. The number of ether oxygens (including phenoxy) is 1. The Morgan fingerprint density at radius 1 is 1.67 bits per heavy atom. The zero-order chi connectivity index (χ0) is 11.0. The van der Waals surface area contributed by atoms with Crippen molar-refractivity contribution in [3.8, 4) is 5.75 Å². The molecule has 0 unspecified atom stereocenters. The van der Waals surface area contributed by atoms with E-state index in [0.717, 1.165) is 4.73 Å². The second kappa shape index (κ2) is 3.27. The molecule has 2 aromatic rings. The summed E-state index contributed by atoms with van der Waals surface area (Å²) in [5.74, 6) is 0.981. The number of aromatic nitrogens is 3. The van der Waals surface area contributed by atoms with Gasteiger partial charge >= 0.3 is 5.65 Å². The van der Waals surface area contributed by atoms with Crippen molar-refractivity contribution in [3.05, 3.63) is 36.1 Å². The zero-order valence-corrected chi connectivity index (χ0v) is 8.60. The fourth-order valence-electron chi connectivity index (χ4n) is 1.42. The van der Waals surface area contributed by atoms with Crippen molar-refractivity contribution in [2.75, 3.05) is 0 Å². The zero-order valence-electron chi connectivity index (χ0n) is 8.60. The summed E-state index contributed by atoms with van der Waals surface area (Å²) in [6, 6.07) is 1.71. The molecule has 0 spiro atoms. The first kappa shape index (κ1) is 9.51. The molecule has 0 N–H and O–H groups in total. The number of imidazole rings is 1. The highest BCUT2D eigenvalue weighted by Crippen LogP contribution is 2.16. The topological polar surface area (TPSA) is 54.0 Å². The average molecular weight is 205 g/mol. The maximum absolute atomic E-state index is 11.6. The van der Waals surface area contributed by atoms with E-state index in [2.05, 4.69) is 11.6 Å². The van der Waals surface area contributed by atoms with Crippen molar-refractivity contribution in [1.82, 2.24) is 9.55 Å². The molecule has 0 aliphatic heterocycles. The maximum atomic E-state index is 11.6. The molecular formula is C10H11N3O2. The van der Waals surface area contributed by atoms with Gasteiger partial charge in [-0.1, -0.05) is 6.58 Å². The van der Waals surface area contributed by atoms with E-state index in [9.17, 15) is 5.21 Å². The molecule has 0 aliphatic rings. The van der Waals surface area contributed by atoms with E-state index < -0.39 is 0 Å². The highest BCUT2D eigenvalue weighted by atomic mass is 16.5. The summed E-state index contributed by atoms with van der Waals surface area (Å²) in [5, 5.41) is 11.6. The average Bonchev–Trinajstić information content (AvgIpc) is 2.46. The summed E-state index contributed by atoms with van der Waals surface area (Å²) in [4.78, 5) is 4.08. The van der Waals surface area contributed by atoms with Gasteiger partial charge in [0.2, 0.25) is 0 Å². The number of fused-ring (bicyclic) bond motifs is 1. The molecule has 5 heteroatoms. The lowest BCUT2D eigenvalue weighted by molar-refractivity contribution is -0.580. The lowest BCUT2D eigenvalue weighted by atomic mass is 10.4. The van der Waals surface area contributed by atoms with Crippen LogP contribution in [-0.2, 0) is 7.05 Å². The van der Waals surface area contributed by atoms with E-state index in [4.69, 9.17) is 4.74 Å². The Balaban J connectivity index is 2.58. The monoisotopic (exact) mass is 205 g/mol. The lowest BCUT2D eigenvalue weighted by Gasteiger charge is -2.07. The van der Waals surface area contributed by atoms with Crippen molar-refractivity contribution < 1.29 is 9.47 Å². The van der Waals surface area contributed by atoms with Gasteiger partial charge in [0.15, 0.2) is 17.6 Å². The van der Waals surface area contributed by atoms with Gasteiger partial charge in [-0.3, -0.25) is 0 Å². The SMILES string of the molecule is C=C(C)Oc1cc2ncn(C)c2[n+]([O-])c1. The molecule has 0 fully saturated rings. The van der Waals surface area contributed by atoms with Crippen LogP contribution in [0, 0.1) is 5.21 Å². The normalized spacial score (nSPS) is 10.5. The van der Waals surface area contributed by atoms with Gasteiger partial charge in [-0.2, -0.15) is 0 Å². The molecule has 0 radical (unpaired) electrons. The van der Waals surface area contributed by atoms with Crippen molar-refractivity contribution in [2.24, 2.45) is 7.05 Å². The van der Waals surface area contributed by atoms with Gasteiger partial charge in [0.25, 0.3) is 0 Å². The Morgan fingerprint density at radius 3 is 3.07 bits per heavy atom. The molecule has 0 amide bonds. The number of aryl methyl sites for hydroxylation is 1. The largest absolute Gasteiger partial charge is 0.710 e. The molecule has 0 saturated carbocycles. The van der Waals surface area contributed by atoms with Gasteiger partial charge in [-0.15, -0.1) is 0 Å². The van der Waals surface area contributed by atoms with Gasteiger partial charge in [-0.05, 0) is 6.92 Å². The van der Waals surface area contributed by atoms with Gasteiger partial charge in [-0.25, -0.2) is 14.3 Å². The molecule has 2 aromatic heterocycles. The minimum Gasteiger partial charge on any atom is -0.710 e. The third kappa shape index (κ3) is 1.63. The predicted octanol–water partition coefficient (Wildman–Crippen LogP) is 1.12. The minimum atomic E-state index is 0.448. The fraction of sp³-hybridized carbons (Fsp3) is 0.200. The van der Waals surface area contributed by atoms with E-state index in [1.54, 1.807) is 30.9 Å². The van der Waals surface area contributed by atoms with Crippen LogP contribution in [0.1, 0.15) is 6.92 Å². The summed E-state index contributed by atoms with van der Waals surface area (Å²) < 4.78 is 7.64. The van der Waals surface area contributed by atoms with Crippen molar-refractivity contribution >= 4 is 11.2 Å². The van der Waals surface area contributed by atoms with Crippen LogP contribution in [0.5, 0.6) is 5.75 Å². The van der Waals surface area contributed by atoms with E-state index in [1.807, 2.05) is 0 Å². The van der Waals surface area contributed by atoms with Crippen LogP contribution < -0.4 is 9.47 Å². The highest BCUT2D eigenvalue weighted by molar-refractivity contribution is 5.68. The molecule has 2 rings (SSSR count). The van der Waals surface area contributed by atoms with Crippen LogP contribution in [0.3, 0.4) is 0 Å². The summed E-state index contributed by atoms with van der Waals surface area (Å²) in [7, 11) is 1.77. The molecular weight excluding hydrogens is 194 g/mol. The van der Waals surface area contributed by atoms with Crippen molar-refractivity contribution in [2.45, 2.75) is 6.92 Å². The smallest absolute Gasteiger partial charge is 0.312 e. The Hall–Kier alpha value is -2.04. The van der Waals surface area contributed by atoms with Crippen molar-refractivity contribution in [1.29, 1.82) is 0 Å². The second-order valence-electron chi connectivity index (χ2n) is 3.37. The number of pyridine rings is 1. The first-order valence-corrected chi connectivity index (χ1v) is 4.45. The highest BCUT2D eigenvalue weighted by Gasteiger charge is 2.11. The fourth-order valence-corrected chi connectivity index (χ4v) is 1.42. The number of rotatable bonds is 2. The molecule has 0 atom stereocenters. The van der Waals surface area contributed by atoms with Crippen LogP contribution >= 0.6 is 0 Å². The van der Waals surface area contributed by atoms with Crippen LogP contribution in [0.15, 0.2) is 30.9 Å². The molecule has 2 heterocycles. The number of nitrogens with zero attached hydrogens (tertiary/aromatic N) is 3. The van der Waals surface area contributed by atoms with Gasteiger partial charge in [0, 0.05) is 6.07 Å². The quantitative estimate of drug-likeness (QED) is 0.419. The number of hydrogen-bond donors (Lipinski definition) is 0. The molecule has 0 saturated heterocycles. The molecule has 78 valence electrons. The Kier molecular flexibility index (Phi) is 2.07. The Morgan fingerprint density at radius 2 is 2.40 bits per heavy atom. The van der Waals surface area contributed by atoms with E-state index in [-0.39, 0.29) is 0 Å². The molecule has 0 aliphatic carbocycles. The third-order valence-electron chi connectivity index (χ3n) is 1.96. The summed E-state index contributed by atoms with van der Waals surface area (Å²) in [6.07, 6.45) is 2.95. The van der Waals surface area contributed by atoms with Crippen LogP contribution in [-0.4, -0.2) is 9.55 Å². The Bertz CT molecular complexity index is 531. The summed E-state index contributed by atoms with van der Waals surface area (Å²) >= 11 is 0. The predicted molar refractivity (Wildman–Crippen MR) is 55.1 cm³/mol. The van der Waals surface area contributed by atoms with Crippen molar-refractivity contribution in [3.63, 3.8) is 0 Å². The van der Waals surface area contributed by atoms with Gasteiger partial charge in [0.1, 0.15) is 6.20 Å². The summed E-state index contributed by atoms with van der Waals surface area (Å²) in [5.41, 5.74) is 1.11. The third-order valence-corrected chi connectivity index (χ3v) is 1.96. The molecule has 15 heavy (non-hydrogen) atoms. The van der Waals surface area contributed by atoms with Gasteiger partial charge < -0.3 is 9.94 Å². The van der Waals surface area contributed by atoms with Crippen LogP contribution in [0.4, 0.5) is 0 Å². The lowest BCUT2D eigenvalue weighted by Crippen LogP contribution is -2.28. The molecule has 0 bridgehead atoms. The number of hydrogen-bond acceptors (Lipinski definition) is 3. The first-order chi connectivity index (χ1) is 7.08. The van der Waals surface area contributed by atoms with Crippen LogP contribution in [0.2, 0.25) is 0 Å². The minimum absolute atomic E-state index is 0.448. The van der Waals surface area contributed by atoms with Gasteiger partial charge in [0.05, 0.1) is 12.8 Å². The molecule has 0 aromatic carbocycles. The molecule has 5 nitrogen and oxygen atoms in total. The van der Waals surface area contributed by atoms with E-state index in [1.165, 1.54) is 6.20 Å². The van der Waals surface area contributed by atoms with Crippen LogP contribution in [0.25, 0.3) is 11.2 Å². The first-order valence-electron chi connectivity index (χ1n) is 4.45. The standard InChI is InChI=1S/C10H11N3O2/c1-7(2)15-8-4-9-10(13(14)5-8)12(3)6-11-9/h4-6H,1H2,2-3H3. The summed E-state index contributed by atoms with van der Waals surface area (Å²) in [6.45, 7) is 5.33. The second-order valence-corrected chi connectivity index (χ2v) is 3.37. The van der Waals surface area contributed by atoms with E-state index >= 15 is 0 Å². The maximum Gasteiger partial charge on any atom is 0.312 e. The van der Waals surface area contributed by atoms with E-state index in [0.29, 0.717) is 22.7 Å². The Labute approximate surface area is 86.8 Å².